The quantitative estimate of drug-likeness (QED) is 0.881. The van der Waals surface area contributed by atoms with Gasteiger partial charge in [0.25, 0.3) is 0 Å². The average molecular weight is 289 g/mol. The summed E-state index contributed by atoms with van der Waals surface area (Å²) in [5, 5.41) is 3.15. The molecule has 1 aromatic carbocycles. The van der Waals surface area contributed by atoms with E-state index in [1.807, 2.05) is 13.8 Å². The predicted molar refractivity (Wildman–Crippen MR) is 73.7 cm³/mol. The lowest BCUT2D eigenvalue weighted by atomic mass is 9.90. The van der Waals surface area contributed by atoms with Crippen molar-refractivity contribution in [3.8, 4) is 0 Å². The molecule has 0 aliphatic carbocycles. The highest BCUT2D eigenvalue weighted by molar-refractivity contribution is 5.34. The van der Waals surface area contributed by atoms with E-state index in [-0.39, 0.29) is 11.6 Å². The number of halogens is 3. The Bertz CT molecular complexity index is 455. The van der Waals surface area contributed by atoms with Gasteiger partial charge in [0.1, 0.15) is 0 Å². The number of hydrogen-bond acceptors (Lipinski definition) is 2. The summed E-state index contributed by atoms with van der Waals surface area (Å²) < 4.78 is 43.4. The normalized spacial score (nSPS) is 14.4. The SMILES string of the molecule is CNC(CC(C)(C)OC)c1ccc(C(F)(F)F)cc1C. The number of alkyl halides is 3. The Balaban J connectivity index is 3.06. The Morgan fingerprint density at radius 1 is 1.25 bits per heavy atom. The first-order valence-corrected chi connectivity index (χ1v) is 6.51. The molecule has 1 rings (SSSR count). The van der Waals surface area contributed by atoms with Crippen molar-refractivity contribution in [2.45, 2.75) is 45.0 Å². The van der Waals surface area contributed by atoms with Crippen LogP contribution in [-0.2, 0) is 10.9 Å². The van der Waals surface area contributed by atoms with Crippen molar-refractivity contribution >= 4 is 0 Å². The Morgan fingerprint density at radius 3 is 2.25 bits per heavy atom. The van der Waals surface area contributed by atoms with E-state index in [1.165, 1.54) is 6.07 Å². The van der Waals surface area contributed by atoms with Crippen LogP contribution < -0.4 is 5.32 Å². The molecule has 0 spiro atoms. The average Bonchev–Trinajstić information content (AvgIpc) is 2.35. The van der Waals surface area contributed by atoms with Gasteiger partial charge in [-0.05, 0) is 57.5 Å². The highest BCUT2D eigenvalue weighted by atomic mass is 19.4. The van der Waals surface area contributed by atoms with E-state index in [1.54, 1.807) is 27.1 Å². The largest absolute Gasteiger partial charge is 0.416 e. The second-order valence-corrected chi connectivity index (χ2v) is 5.58. The molecule has 0 heterocycles. The molecule has 0 radical (unpaired) electrons. The maximum absolute atomic E-state index is 12.7. The number of rotatable bonds is 5. The Morgan fingerprint density at radius 2 is 1.85 bits per heavy atom. The van der Waals surface area contributed by atoms with E-state index in [4.69, 9.17) is 4.74 Å². The maximum Gasteiger partial charge on any atom is 0.416 e. The van der Waals surface area contributed by atoms with Crippen LogP contribution in [0.15, 0.2) is 18.2 Å². The summed E-state index contributed by atoms with van der Waals surface area (Å²) in [6.45, 7) is 5.61. The molecule has 114 valence electrons. The third-order valence-corrected chi connectivity index (χ3v) is 3.57. The molecule has 0 amide bonds. The van der Waals surface area contributed by atoms with Crippen LogP contribution in [0.25, 0.3) is 0 Å². The van der Waals surface area contributed by atoms with E-state index < -0.39 is 11.7 Å². The van der Waals surface area contributed by atoms with Crippen molar-refractivity contribution in [3.63, 3.8) is 0 Å². The summed E-state index contributed by atoms with van der Waals surface area (Å²) in [4.78, 5) is 0. The first-order chi connectivity index (χ1) is 9.10. The molecular formula is C15H22F3NO. The first-order valence-electron chi connectivity index (χ1n) is 6.51. The molecule has 0 bridgehead atoms. The molecular weight excluding hydrogens is 267 g/mol. The van der Waals surface area contributed by atoms with Crippen LogP contribution in [0, 0.1) is 6.92 Å². The Labute approximate surface area is 118 Å². The highest BCUT2D eigenvalue weighted by Gasteiger charge is 2.31. The summed E-state index contributed by atoms with van der Waals surface area (Å²) in [6.07, 6.45) is -3.63. The molecule has 0 saturated carbocycles. The summed E-state index contributed by atoms with van der Waals surface area (Å²) in [6, 6.07) is 3.82. The zero-order valence-electron chi connectivity index (χ0n) is 12.6. The van der Waals surface area contributed by atoms with Gasteiger partial charge in [-0.1, -0.05) is 6.07 Å². The molecule has 0 saturated heterocycles. The number of ether oxygens (including phenoxy) is 1. The van der Waals surface area contributed by atoms with Crippen molar-refractivity contribution in [2.24, 2.45) is 0 Å². The number of nitrogens with one attached hydrogen (secondary N) is 1. The maximum atomic E-state index is 12.7. The lowest BCUT2D eigenvalue weighted by Gasteiger charge is -2.29. The van der Waals surface area contributed by atoms with Crippen LogP contribution in [0.2, 0.25) is 0 Å². The van der Waals surface area contributed by atoms with Gasteiger partial charge in [-0.3, -0.25) is 0 Å². The van der Waals surface area contributed by atoms with Gasteiger partial charge in [0.05, 0.1) is 11.2 Å². The number of methoxy groups -OCH3 is 1. The highest BCUT2D eigenvalue weighted by Crippen LogP contribution is 2.33. The van der Waals surface area contributed by atoms with Crippen LogP contribution >= 0.6 is 0 Å². The topological polar surface area (TPSA) is 21.3 Å². The minimum absolute atomic E-state index is 0.0489. The van der Waals surface area contributed by atoms with Crippen LogP contribution in [0.1, 0.15) is 43.0 Å². The molecule has 1 aromatic rings. The van der Waals surface area contributed by atoms with Crippen LogP contribution in [0.5, 0.6) is 0 Å². The minimum Gasteiger partial charge on any atom is -0.379 e. The lowest BCUT2D eigenvalue weighted by Crippen LogP contribution is -2.30. The molecule has 0 aliphatic heterocycles. The van der Waals surface area contributed by atoms with Crippen molar-refractivity contribution < 1.29 is 17.9 Å². The van der Waals surface area contributed by atoms with E-state index >= 15 is 0 Å². The van der Waals surface area contributed by atoms with E-state index in [2.05, 4.69) is 5.32 Å². The summed E-state index contributed by atoms with van der Waals surface area (Å²) >= 11 is 0. The van der Waals surface area contributed by atoms with E-state index in [0.717, 1.165) is 11.6 Å². The fourth-order valence-electron chi connectivity index (χ4n) is 2.19. The third-order valence-electron chi connectivity index (χ3n) is 3.57. The zero-order chi connectivity index (χ0) is 15.6. The van der Waals surface area contributed by atoms with Gasteiger partial charge < -0.3 is 10.1 Å². The van der Waals surface area contributed by atoms with Crippen LogP contribution in [-0.4, -0.2) is 19.8 Å². The van der Waals surface area contributed by atoms with E-state index in [9.17, 15) is 13.2 Å². The zero-order valence-corrected chi connectivity index (χ0v) is 12.6. The molecule has 20 heavy (non-hydrogen) atoms. The monoisotopic (exact) mass is 289 g/mol. The van der Waals surface area contributed by atoms with Gasteiger partial charge in [-0.25, -0.2) is 0 Å². The van der Waals surface area contributed by atoms with Crippen molar-refractivity contribution in [2.75, 3.05) is 14.2 Å². The number of hydrogen-bond donors (Lipinski definition) is 1. The molecule has 1 atom stereocenters. The predicted octanol–water partition coefficient (Wildman–Crippen LogP) is 4.09. The molecule has 0 aromatic heterocycles. The second kappa shape index (κ2) is 6.14. The minimum atomic E-state index is -4.30. The van der Waals surface area contributed by atoms with Gasteiger partial charge in [-0.2, -0.15) is 13.2 Å². The summed E-state index contributed by atoms with van der Waals surface area (Å²) in [7, 11) is 3.43. The summed E-state index contributed by atoms with van der Waals surface area (Å²) in [5.41, 5.74) is 0.541. The van der Waals surface area contributed by atoms with Gasteiger partial charge in [0, 0.05) is 13.2 Å². The van der Waals surface area contributed by atoms with Crippen molar-refractivity contribution in [1.29, 1.82) is 0 Å². The van der Waals surface area contributed by atoms with Gasteiger partial charge >= 0.3 is 6.18 Å². The molecule has 5 heteroatoms. The molecule has 0 fully saturated rings. The first kappa shape index (κ1) is 17.0. The molecule has 1 unspecified atom stereocenters. The molecule has 0 aliphatic rings. The van der Waals surface area contributed by atoms with Gasteiger partial charge in [-0.15, -0.1) is 0 Å². The van der Waals surface area contributed by atoms with Gasteiger partial charge in [0.15, 0.2) is 0 Å². The van der Waals surface area contributed by atoms with Crippen molar-refractivity contribution in [1.82, 2.24) is 5.32 Å². The van der Waals surface area contributed by atoms with Crippen LogP contribution in [0.3, 0.4) is 0 Å². The van der Waals surface area contributed by atoms with Gasteiger partial charge in [0.2, 0.25) is 0 Å². The third kappa shape index (κ3) is 4.21. The molecule has 1 N–H and O–H groups in total. The fourth-order valence-corrected chi connectivity index (χ4v) is 2.19. The van der Waals surface area contributed by atoms with Crippen LogP contribution in [0.4, 0.5) is 13.2 Å². The number of aryl methyl sites for hydroxylation is 1. The molecule has 2 nitrogen and oxygen atoms in total. The van der Waals surface area contributed by atoms with E-state index in [0.29, 0.717) is 12.0 Å². The summed E-state index contributed by atoms with van der Waals surface area (Å²) in [5.74, 6) is 0. The lowest BCUT2D eigenvalue weighted by molar-refractivity contribution is -0.137. The smallest absolute Gasteiger partial charge is 0.379 e. The Hall–Kier alpha value is -1.07. The number of benzene rings is 1. The Kier molecular flexibility index (Phi) is 5.21. The second-order valence-electron chi connectivity index (χ2n) is 5.58. The fraction of sp³-hybridized carbons (Fsp3) is 0.600. The standard InChI is InChI=1S/C15H22F3NO/c1-10-8-11(15(16,17)18)6-7-12(10)13(19-4)9-14(2,3)20-5/h6-8,13,19H,9H2,1-5H3. The van der Waals surface area contributed by atoms with Crippen molar-refractivity contribution in [3.05, 3.63) is 34.9 Å².